The third-order valence-corrected chi connectivity index (χ3v) is 2.41. The smallest absolute Gasteiger partial charge is 0.0866 e. The molecule has 68 valence electrons. The van der Waals surface area contributed by atoms with Crippen molar-refractivity contribution in [2.24, 2.45) is 0 Å². The van der Waals surface area contributed by atoms with Gasteiger partial charge in [0.2, 0.25) is 0 Å². The molecule has 13 heavy (non-hydrogen) atoms. The van der Waals surface area contributed by atoms with Crippen molar-refractivity contribution in [3.8, 4) is 0 Å². The van der Waals surface area contributed by atoms with E-state index < -0.39 is 0 Å². The van der Waals surface area contributed by atoms with Gasteiger partial charge in [0.1, 0.15) is 0 Å². The second-order valence-corrected chi connectivity index (χ2v) is 3.49. The predicted molar refractivity (Wildman–Crippen MR) is 53.5 cm³/mol. The summed E-state index contributed by atoms with van der Waals surface area (Å²) in [4.78, 5) is 0. The summed E-state index contributed by atoms with van der Waals surface area (Å²) >= 11 is 0. The van der Waals surface area contributed by atoms with Gasteiger partial charge >= 0.3 is 0 Å². The Hall–Kier alpha value is -1.08. The van der Waals surface area contributed by atoms with Gasteiger partial charge in [0.25, 0.3) is 0 Å². The standard InChI is InChI=1S/C12H14O/c1-10-7-8-13-12(9-10)11-5-3-2-4-6-11/h2-7,12H,8-9H2,1H3. The lowest BCUT2D eigenvalue weighted by atomic mass is 10.0. The SMILES string of the molecule is CC1=CCOC(c2ccccc2)C1. The molecule has 1 aliphatic heterocycles. The highest BCUT2D eigenvalue weighted by Crippen LogP contribution is 2.27. The van der Waals surface area contributed by atoms with Crippen molar-refractivity contribution < 1.29 is 4.74 Å². The van der Waals surface area contributed by atoms with Crippen LogP contribution in [0.1, 0.15) is 25.0 Å². The predicted octanol–water partition coefficient (Wildman–Crippen LogP) is 3.09. The molecule has 0 saturated heterocycles. The van der Waals surface area contributed by atoms with Gasteiger partial charge in [-0.1, -0.05) is 42.0 Å². The molecule has 0 saturated carbocycles. The van der Waals surface area contributed by atoms with E-state index in [-0.39, 0.29) is 6.10 Å². The Morgan fingerprint density at radius 1 is 1.23 bits per heavy atom. The molecule has 0 bridgehead atoms. The topological polar surface area (TPSA) is 9.23 Å². The van der Waals surface area contributed by atoms with Crippen molar-refractivity contribution in [3.05, 3.63) is 47.5 Å². The highest BCUT2D eigenvalue weighted by atomic mass is 16.5. The lowest BCUT2D eigenvalue weighted by Crippen LogP contribution is -2.09. The van der Waals surface area contributed by atoms with Crippen molar-refractivity contribution in [1.82, 2.24) is 0 Å². The first-order valence-corrected chi connectivity index (χ1v) is 4.68. The molecule has 0 aliphatic carbocycles. The molecule has 0 N–H and O–H groups in total. The fourth-order valence-corrected chi connectivity index (χ4v) is 1.62. The summed E-state index contributed by atoms with van der Waals surface area (Å²) < 4.78 is 5.66. The van der Waals surface area contributed by atoms with E-state index in [0.717, 1.165) is 13.0 Å². The molecular formula is C12H14O. The number of ether oxygens (including phenoxy) is 1. The van der Waals surface area contributed by atoms with Crippen LogP contribution in [0.15, 0.2) is 42.0 Å². The summed E-state index contributed by atoms with van der Waals surface area (Å²) in [5, 5.41) is 0. The van der Waals surface area contributed by atoms with Gasteiger partial charge in [0, 0.05) is 0 Å². The van der Waals surface area contributed by atoms with Crippen LogP contribution >= 0.6 is 0 Å². The molecule has 0 radical (unpaired) electrons. The number of hydrogen-bond donors (Lipinski definition) is 0. The minimum absolute atomic E-state index is 0.270. The zero-order valence-electron chi connectivity index (χ0n) is 7.86. The minimum Gasteiger partial charge on any atom is -0.369 e. The van der Waals surface area contributed by atoms with Crippen molar-refractivity contribution in [2.45, 2.75) is 19.4 Å². The maximum atomic E-state index is 5.66. The Bertz CT molecular complexity index is 300. The summed E-state index contributed by atoms with van der Waals surface area (Å²) in [7, 11) is 0. The molecule has 0 fully saturated rings. The molecule has 1 atom stereocenters. The van der Waals surface area contributed by atoms with Gasteiger partial charge in [-0.25, -0.2) is 0 Å². The second kappa shape index (κ2) is 3.75. The van der Waals surface area contributed by atoms with Crippen molar-refractivity contribution >= 4 is 0 Å². The Balaban J connectivity index is 2.15. The third kappa shape index (κ3) is 1.99. The van der Waals surface area contributed by atoms with E-state index >= 15 is 0 Å². The minimum atomic E-state index is 0.270. The van der Waals surface area contributed by atoms with E-state index in [9.17, 15) is 0 Å². The fraction of sp³-hybridized carbons (Fsp3) is 0.333. The highest BCUT2D eigenvalue weighted by molar-refractivity contribution is 5.20. The van der Waals surface area contributed by atoms with Gasteiger partial charge in [-0.3, -0.25) is 0 Å². The Morgan fingerprint density at radius 3 is 2.69 bits per heavy atom. The Kier molecular flexibility index (Phi) is 2.46. The van der Waals surface area contributed by atoms with Crippen LogP contribution < -0.4 is 0 Å². The maximum absolute atomic E-state index is 5.66. The molecule has 0 amide bonds. The third-order valence-electron chi connectivity index (χ3n) is 2.41. The highest BCUT2D eigenvalue weighted by Gasteiger charge is 2.14. The largest absolute Gasteiger partial charge is 0.369 e. The number of benzene rings is 1. The summed E-state index contributed by atoms with van der Waals surface area (Å²) in [6.45, 7) is 2.92. The van der Waals surface area contributed by atoms with E-state index in [0.29, 0.717) is 0 Å². The second-order valence-electron chi connectivity index (χ2n) is 3.49. The molecule has 1 aliphatic rings. The van der Waals surface area contributed by atoms with E-state index in [1.165, 1.54) is 11.1 Å². The van der Waals surface area contributed by atoms with E-state index in [1.54, 1.807) is 0 Å². The normalized spacial score (nSPS) is 22.5. The van der Waals surface area contributed by atoms with Crippen LogP contribution in [0.25, 0.3) is 0 Å². The van der Waals surface area contributed by atoms with Gasteiger partial charge in [0.05, 0.1) is 12.7 Å². The molecule has 0 aromatic heterocycles. The molecule has 1 aromatic rings. The zero-order valence-corrected chi connectivity index (χ0v) is 7.86. The van der Waals surface area contributed by atoms with Crippen LogP contribution in [0.3, 0.4) is 0 Å². The molecule has 0 spiro atoms. The average Bonchev–Trinajstić information content (AvgIpc) is 2.19. The van der Waals surface area contributed by atoms with Crippen LogP contribution in [-0.2, 0) is 4.74 Å². The van der Waals surface area contributed by atoms with Crippen molar-refractivity contribution in [1.29, 1.82) is 0 Å². The van der Waals surface area contributed by atoms with E-state index in [1.807, 2.05) is 6.07 Å². The first-order chi connectivity index (χ1) is 6.36. The number of hydrogen-bond acceptors (Lipinski definition) is 1. The molecule has 1 aromatic carbocycles. The average molecular weight is 174 g/mol. The van der Waals surface area contributed by atoms with E-state index in [2.05, 4.69) is 37.3 Å². The first-order valence-electron chi connectivity index (χ1n) is 4.68. The fourth-order valence-electron chi connectivity index (χ4n) is 1.62. The summed E-state index contributed by atoms with van der Waals surface area (Å²) in [5.74, 6) is 0. The molecule has 1 heterocycles. The molecule has 1 heteroatoms. The lowest BCUT2D eigenvalue weighted by molar-refractivity contribution is 0.0641. The van der Waals surface area contributed by atoms with Crippen LogP contribution in [-0.4, -0.2) is 6.61 Å². The van der Waals surface area contributed by atoms with Gasteiger partial charge < -0.3 is 4.74 Å². The molecular weight excluding hydrogens is 160 g/mol. The van der Waals surface area contributed by atoms with Crippen molar-refractivity contribution in [2.75, 3.05) is 6.61 Å². The summed E-state index contributed by atoms with van der Waals surface area (Å²) in [6.07, 6.45) is 3.45. The van der Waals surface area contributed by atoms with Crippen LogP contribution in [0.5, 0.6) is 0 Å². The summed E-state index contributed by atoms with van der Waals surface area (Å²) in [5.41, 5.74) is 2.72. The monoisotopic (exact) mass is 174 g/mol. The van der Waals surface area contributed by atoms with Crippen LogP contribution in [0.2, 0.25) is 0 Å². The quantitative estimate of drug-likeness (QED) is 0.594. The zero-order chi connectivity index (χ0) is 9.10. The summed E-state index contributed by atoms with van der Waals surface area (Å²) in [6, 6.07) is 10.4. The number of rotatable bonds is 1. The molecule has 1 nitrogen and oxygen atoms in total. The van der Waals surface area contributed by atoms with Gasteiger partial charge in [0.15, 0.2) is 0 Å². The van der Waals surface area contributed by atoms with Crippen LogP contribution in [0, 0.1) is 0 Å². The van der Waals surface area contributed by atoms with Crippen LogP contribution in [0.4, 0.5) is 0 Å². The Morgan fingerprint density at radius 2 is 2.00 bits per heavy atom. The van der Waals surface area contributed by atoms with Gasteiger partial charge in [-0.05, 0) is 18.9 Å². The lowest BCUT2D eigenvalue weighted by Gasteiger charge is -2.22. The van der Waals surface area contributed by atoms with Gasteiger partial charge in [-0.15, -0.1) is 0 Å². The Labute approximate surface area is 79.0 Å². The van der Waals surface area contributed by atoms with Crippen molar-refractivity contribution in [3.63, 3.8) is 0 Å². The van der Waals surface area contributed by atoms with Gasteiger partial charge in [-0.2, -0.15) is 0 Å². The van der Waals surface area contributed by atoms with E-state index in [4.69, 9.17) is 4.74 Å². The first kappa shape index (κ1) is 8.52. The maximum Gasteiger partial charge on any atom is 0.0866 e. The molecule has 1 unspecified atom stereocenters. The molecule has 2 rings (SSSR count).